The number of halogens is 6. The second-order valence-corrected chi connectivity index (χ2v) is 10.1. The van der Waals surface area contributed by atoms with Gasteiger partial charge in [-0.05, 0) is 60.7 Å². The summed E-state index contributed by atoms with van der Waals surface area (Å²) in [5.41, 5.74) is -4.64. The van der Waals surface area contributed by atoms with Gasteiger partial charge in [-0.25, -0.2) is 0 Å². The summed E-state index contributed by atoms with van der Waals surface area (Å²) in [5.74, 6) is -5.56. The van der Waals surface area contributed by atoms with Gasteiger partial charge in [-0.2, -0.15) is 26.3 Å². The number of benzene rings is 5. The molecule has 6 nitrogen and oxygen atoms in total. The van der Waals surface area contributed by atoms with Crippen LogP contribution in [0.1, 0.15) is 52.6 Å². The highest BCUT2D eigenvalue weighted by Gasteiger charge is 2.38. The first kappa shape index (κ1) is 33.3. The first-order valence-corrected chi connectivity index (χ1v) is 13.9. The molecule has 0 aliphatic heterocycles. The molecule has 48 heavy (non-hydrogen) atoms. The summed E-state index contributed by atoms with van der Waals surface area (Å²) in [5, 5.41) is 0. The predicted octanol–water partition coefficient (Wildman–Crippen LogP) is 9.44. The fourth-order valence-corrected chi connectivity index (χ4v) is 4.57. The molecule has 0 unspecified atom stereocenters. The molecule has 12 heteroatoms. The molecule has 0 atom stereocenters. The molecule has 0 aliphatic carbocycles. The van der Waals surface area contributed by atoms with E-state index >= 15 is 0 Å². The highest BCUT2D eigenvalue weighted by molar-refractivity contribution is 6.50. The fraction of sp³-hybridized carbons (Fsp3) is 0.0556. The van der Waals surface area contributed by atoms with E-state index in [1.54, 1.807) is 12.1 Å². The molecular weight excluding hydrogens is 642 g/mol. The Morgan fingerprint density at radius 2 is 0.708 bits per heavy atom. The van der Waals surface area contributed by atoms with Gasteiger partial charge in [0.25, 0.3) is 0 Å². The number of ether oxygens (including phenoxy) is 2. The maximum Gasteiger partial charge on any atom is 0.417 e. The molecule has 0 aliphatic rings. The Balaban J connectivity index is 1.33. The Bertz CT molecular complexity index is 1860. The Labute approximate surface area is 268 Å². The summed E-state index contributed by atoms with van der Waals surface area (Å²) in [4.78, 5) is 50.4. The topological polar surface area (TPSA) is 86.7 Å². The predicted molar refractivity (Wildman–Crippen MR) is 160 cm³/mol. The van der Waals surface area contributed by atoms with Gasteiger partial charge in [-0.3, -0.25) is 19.2 Å². The fourth-order valence-electron chi connectivity index (χ4n) is 4.57. The van der Waals surface area contributed by atoms with Gasteiger partial charge in [-0.1, -0.05) is 60.7 Å². The van der Waals surface area contributed by atoms with Crippen LogP contribution in [0.5, 0.6) is 23.0 Å². The van der Waals surface area contributed by atoms with Crippen molar-refractivity contribution < 1.29 is 55.0 Å². The summed E-state index contributed by atoms with van der Waals surface area (Å²) in [6.07, 6.45) is -10.0. The number of hydrogen-bond donors (Lipinski definition) is 0. The second kappa shape index (κ2) is 13.4. The lowest BCUT2D eigenvalue weighted by atomic mass is 9.97. The Hall–Kier alpha value is -6.04. The quantitative estimate of drug-likeness (QED) is 0.0842. The maximum atomic E-state index is 13.9. The zero-order valence-electron chi connectivity index (χ0n) is 24.3. The molecule has 0 radical (unpaired) electrons. The third kappa shape index (κ3) is 7.49. The largest absolute Gasteiger partial charge is 0.457 e. The lowest BCUT2D eigenvalue weighted by Gasteiger charge is -2.15. The van der Waals surface area contributed by atoms with Crippen molar-refractivity contribution in [1.82, 2.24) is 0 Å². The minimum Gasteiger partial charge on any atom is -0.457 e. The summed E-state index contributed by atoms with van der Waals surface area (Å²) in [6, 6.07) is 24.3. The van der Waals surface area contributed by atoms with Crippen molar-refractivity contribution in [2.45, 2.75) is 12.4 Å². The molecule has 0 saturated heterocycles. The summed E-state index contributed by atoms with van der Waals surface area (Å²) >= 11 is 0. The second-order valence-electron chi connectivity index (χ2n) is 10.1. The number of rotatable bonds is 10. The average molecular weight is 663 g/mol. The zero-order valence-corrected chi connectivity index (χ0v) is 24.3. The summed E-state index contributed by atoms with van der Waals surface area (Å²) in [6.45, 7) is 0. The molecule has 0 N–H and O–H groups in total. The number of Topliss-reactive ketones (excluding diaryl/α,β-unsaturated/α-hetero) is 4. The van der Waals surface area contributed by atoms with E-state index in [0.717, 1.165) is 24.3 Å². The van der Waals surface area contributed by atoms with E-state index in [4.69, 9.17) is 9.47 Å². The van der Waals surface area contributed by atoms with Gasteiger partial charge in [-0.15, -0.1) is 0 Å². The van der Waals surface area contributed by atoms with Crippen LogP contribution in [-0.2, 0) is 12.4 Å². The van der Waals surface area contributed by atoms with Gasteiger partial charge in [0, 0.05) is 22.3 Å². The maximum absolute atomic E-state index is 13.9. The lowest BCUT2D eigenvalue weighted by Crippen LogP contribution is -2.20. The highest BCUT2D eigenvalue weighted by atomic mass is 19.4. The number of alkyl halides is 6. The van der Waals surface area contributed by atoms with Crippen LogP contribution in [0.3, 0.4) is 0 Å². The normalized spacial score (nSPS) is 11.5. The van der Waals surface area contributed by atoms with E-state index < -0.39 is 57.7 Å². The van der Waals surface area contributed by atoms with E-state index in [9.17, 15) is 45.5 Å². The zero-order chi connectivity index (χ0) is 34.6. The Morgan fingerprint density at radius 3 is 1.02 bits per heavy atom. The van der Waals surface area contributed by atoms with Crippen molar-refractivity contribution >= 4 is 23.1 Å². The van der Waals surface area contributed by atoms with Crippen molar-refractivity contribution in [3.8, 4) is 23.0 Å². The van der Waals surface area contributed by atoms with E-state index in [2.05, 4.69) is 0 Å². The monoisotopic (exact) mass is 662 g/mol. The highest BCUT2D eigenvalue weighted by Crippen LogP contribution is 2.38. The van der Waals surface area contributed by atoms with Crippen LogP contribution >= 0.6 is 0 Å². The van der Waals surface area contributed by atoms with Crippen LogP contribution in [0.25, 0.3) is 0 Å². The van der Waals surface area contributed by atoms with Crippen molar-refractivity contribution in [2.24, 2.45) is 0 Å². The summed E-state index contributed by atoms with van der Waals surface area (Å²) < 4.78 is 94.4. The van der Waals surface area contributed by atoms with E-state index in [0.29, 0.717) is 12.1 Å². The molecule has 0 heterocycles. The standard InChI is InChI=1S/C36H20F6O6/c37-35(38,39)29-19-25(15-17-27(29)33(45)31(43)21-7-3-1-4-8-21)47-23-11-13-24(14-12-23)48-26-16-18-28(30(20-26)36(40,41)42)34(46)32(44)22-9-5-2-6-10-22/h1-20H. The van der Waals surface area contributed by atoms with Gasteiger partial charge in [0.05, 0.1) is 11.1 Å². The van der Waals surface area contributed by atoms with E-state index in [1.807, 2.05) is 0 Å². The van der Waals surface area contributed by atoms with E-state index in [-0.39, 0.29) is 34.1 Å². The van der Waals surface area contributed by atoms with Crippen LogP contribution in [0, 0.1) is 0 Å². The molecule has 0 amide bonds. The van der Waals surface area contributed by atoms with Crippen molar-refractivity contribution in [1.29, 1.82) is 0 Å². The molecule has 0 bridgehead atoms. The first-order chi connectivity index (χ1) is 22.7. The Morgan fingerprint density at radius 1 is 0.396 bits per heavy atom. The number of hydrogen-bond acceptors (Lipinski definition) is 6. The Kier molecular flexibility index (Phi) is 9.28. The van der Waals surface area contributed by atoms with Crippen molar-refractivity contribution in [3.63, 3.8) is 0 Å². The van der Waals surface area contributed by atoms with Crippen LogP contribution in [0.4, 0.5) is 26.3 Å². The van der Waals surface area contributed by atoms with Crippen LogP contribution in [-0.4, -0.2) is 23.1 Å². The minimum absolute atomic E-state index is 0.00580. The lowest BCUT2D eigenvalue weighted by molar-refractivity contribution is -0.138. The van der Waals surface area contributed by atoms with Crippen molar-refractivity contribution in [3.05, 3.63) is 155 Å². The van der Waals surface area contributed by atoms with Crippen LogP contribution in [0.15, 0.2) is 121 Å². The molecule has 5 aromatic carbocycles. The third-order valence-electron chi connectivity index (χ3n) is 6.86. The SMILES string of the molecule is O=C(C(=O)c1ccc(Oc2ccc(Oc3ccc(C(=O)C(=O)c4ccccc4)c(C(F)(F)F)c3)cc2)cc1C(F)(F)F)c1ccccc1. The smallest absolute Gasteiger partial charge is 0.417 e. The molecule has 0 fully saturated rings. The van der Waals surface area contributed by atoms with Crippen molar-refractivity contribution in [2.75, 3.05) is 0 Å². The first-order valence-electron chi connectivity index (χ1n) is 13.9. The van der Waals surface area contributed by atoms with Crippen LogP contribution in [0.2, 0.25) is 0 Å². The van der Waals surface area contributed by atoms with Gasteiger partial charge in [0.2, 0.25) is 23.1 Å². The summed E-state index contributed by atoms with van der Waals surface area (Å²) in [7, 11) is 0. The van der Waals surface area contributed by atoms with Gasteiger partial charge >= 0.3 is 12.4 Å². The molecule has 0 aromatic heterocycles. The van der Waals surface area contributed by atoms with Gasteiger partial charge in [0.1, 0.15) is 23.0 Å². The molecule has 0 spiro atoms. The van der Waals surface area contributed by atoms with Gasteiger partial charge < -0.3 is 9.47 Å². The van der Waals surface area contributed by atoms with Crippen LogP contribution < -0.4 is 9.47 Å². The minimum atomic E-state index is -5.01. The third-order valence-corrected chi connectivity index (χ3v) is 6.86. The number of ketones is 4. The molecule has 5 rings (SSSR count). The van der Waals surface area contributed by atoms with E-state index in [1.165, 1.54) is 72.8 Å². The number of carbonyl (C=O) groups is 4. The molecular formula is C36H20F6O6. The molecule has 0 saturated carbocycles. The molecule has 5 aromatic rings. The molecule has 242 valence electrons. The average Bonchev–Trinajstić information content (AvgIpc) is 3.08. The number of carbonyl (C=O) groups excluding carboxylic acids is 4. The van der Waals surface area contributed by atoms with Gasteiger partial charge in [0.15, 0.2) is 0 Å².